The Morgan fingerprint density at radius 1 is 1.41 bits per heavy atom. The molecule has 17 heavy (non-hydrogen) atoms. The molecular formula is C13H15N3O. The van der Waals surface area contributed by atoms with E-state index in [-0.39, 0.29) is 12.1 Å². The van der Waals surface area contributed by atoms with Crippen LogP contribution in [0, 0.1) is 11.5 Å². The summed E-state index contributed by atoms with van der Waals surface area (Å²) >= 11 is 0. The fourth-order valence-corrected chi connectivity index (χ4v) is 1.93. The Kier molecular flexibility index (Phi) is 3.01. The summed E-state index contributed by atoms with van der Waals surface area (Å²) in [5.74, 6) is 0.498. The molecule has 0 saturated carbocycles. The van der Waals surface area contributed by atoms with Crippen molar-refractivity contribution in [2.75, 3.05) is 6.54 Å². The highest BCUT2D eigenvalue weighted by Crippen LogP contribution is 2.22. The van der Waals surface area contributed by atoms with Gasteiger partial charge in [0.05, 0.1) is 12.6 Å². The molecule has 0 spiro atoms. The molecule has 1 aliphatic rings. The van der Waals surface area contributed by atoms with Gasteiger partial charge in [-0.25, -0.2) is 9.69 Å². The molecule has 1 unspecified atom stereocenters. The topological polar surface area (TPSA) is 56.1 Å². The molecule has 88 valence electrons. The fraction of sp³-hybridized carbons (Fsp3) is 0.385. The SMILES string of the molecule is CC(C)c1ccc(C2CN(C#N)C(=O)N2)cc1. The maximum Gasteiger partial charge on any atom is 0.331 e. The van der Waals surface area contributed by atoms with Crippen molar-refractivity contribution in [3.8, 4) is 6.19 Å². The van der Waals surface area contributed by atoms with Crippen molar-refractivity contribution < 1.29 is 4.79 Å². The number of nitrogens with one attached hydrogen (secondary N) is 1. The summed E-state index contributed by atoms with van der Waals surface area (Å²) < 4.78 is 0. The largest absolute Gasteiger partial charge is 0.331 e. The monoisotopic (exact) mass is 229 g/mol. The number of benzene rings is 1. The van der Waals surface area contributed by atoms with Crippen molar-refractivity contribution in [2.45, 2.75) is 25.8 Å². The third-order valence-electron chi connectivity index (χ3n) is 3.03. The molecule has 1 heterocycles. The molecule has 0 aliphatic carbocycles. The van der Waals surface area contributed by atoms with Crippen LogP contribution in [0.1, 0.15) is 36.9 Å². The van der Waals surface area contributed by atoms with Gasteiger partial charge in [0, 0.05) is 0 Å². The minimum Gasteiger partial charge on any atom is -0.328 e. The fourth-order valence-electron chi connectivity index (χ4n) is 1.93. The van der Waals surface area contributed by atoms with E-state index in [1.54, 1.807) is 0 Å². The lowest BCUT2D eigenvalue weighted by Gasteiger charge is -2.11. The summed E-state index contributed by atoms with van der Waals surface area (Å²) in [4.78, 5) is 12.5. The molecule has 2 amide bonds. The third-order valence-corrected chi connectivity index (χ3v) is 3.03. The predicted octanol–water partition coefficient (Wildman–Crippen LogP) is 2.36. The van der Waals surface area contributed by atoms with E-state index < -0.39 is 0 Å². The Hall–Kier alpha value is -2.02. The minimum absolute atomic E-state index is 0.0802. The first-order valence-corrected chi connectivity index (χ1v) is 5.69. The van der Waals surface area contributed by atoms with Crippen LogP contribution in [0.4, 0.5) is 4.79 Å². The summed E-state index contributed by atoms with van der Waals surface area (Å²) in [6.45, 7) is 4.70. The van der Waals surface area contributed by atoms with Crippen LogP contribution in [0.25, 0.3) is 0 Å². The number of carbonyl (C=O) groups excluding carboxylic acids is 1. The highest BCUT2D eigenvalue weighted by molar-refractivity contribution is 5.78. The normalized spacial score (nSPS) is 19.3. The molecule has 0 aromatic heterocycles. The average Bonchev–Trinajstić information content (AvgIpc) is 2.70. The van der Waals surface area contributed by atoms with Crippen LogP contribution < -0.4 is 5.32 Å². The van der Waals surface area contributed by atoms with E-state index in [0.29, 0.717) is 12.5 Å². The quantitative estimate of drug-likeness (QED) is 0.791. The van der Waals surface area contributed by atoms with Gasteiger partial charge in [-0.2, -0.15) is 5.26 Å². The third kappa shape index (κ3) is 2.23. The molecule has 1 atom stereocenters. The minimum atomic E-state index is -0.314. The van der Waals surface area contributed by atoms with Crippen LogP contribution >= 0.6 is 0 Å². The van der Waals surface area contributed by atoms with Crippen LogP contribution in [0.2, 0.25) is 0 Å². The van der Waals surface area contributed by atoms with Crippen LogP contribution in [0.3, 0.4) is 0 Å². The van der Waals surface area contributed by atoms with E-state index in [4.69, 9.17) is 5.26 Å². The molecule has 4 nitrogen and oxygen atoms in total. The van der Waals surface area contributed by atoms with Crippen LogP contribution in [-0.2, 0) is 0 Å². The number of nitriles is 1. The number of rotatable bonds is 2. The zero-order chi connectivity index (χ0) is 12.4. The number of amides is 2. The second-order valence-electron chi connectivity index (χ2n) is 4.53. The Bertz CT molecular complexity index is 459. The standard InChI is InChI=1S/C13H15N3O/c1-9(2)10-3-5-11(6-4-10)12-7-16(8-14)13(17)15-12/h3-6,9,12H,7H2,1-2H3,(H,15,17). The number of hydrogen-bond acceptors (Lipinski definition) is 2. The molecule has 4 heteroatoms. The van der Waals surface area contributed by atoms with Gasteiger partial charge in [0.1, 0.15) is 0 Å². The first kappa shape index (κ1) is 11.5. The number of urea groups is 1. The molecule has 1 aromatic rings. The Balaban J connectivity index is 2.14. The van der Waals surface area contributed by atoms with E-state index >= 15 is 0 Å². The Morgan fingerprint density at radius 2 is 2.06 bits per heavy atom. The molecule has 0 radical (unpaired) electrons. The van der Waals surface area contributed by atoms with Crippen molar-refractivity contribution in [2.24, 2.45) is 0 Å². The summed E-state index contributed by atoms with van der Waals surface area (Å²) in [6, 6.07) is 7.78. The van der Waals surface area contributed by atoms with E-state index in [1.807, 2.05) is 18.3 Å². The van der Waals surface area contributed by atoms with Gasteiger partial charge < -0.3 is 5.32 Å². The maximum absolute atomic E-state index is 11.4. The van der Waals surface area contributed by atoms with Crippen molar-refractivity contribution in [1.82, 2.24) is 10.2 Å². The second-order valence-corrected chi connectivity index (χ2v) is 4.53. The summed E-state index contributed by atoms with van der Waals surface area (Å²) in [6.07, 6.45) is 1.86. The molecule has 1 saturated heterocycles. The molecular weight excluding hydrogens is 214 g/mol. The van der Waals surface area contributed by atoms with Gasteiger partial charge in [0.15, 0.2) is 6.19 Å². The van der Waals surface area contributed by atoms with E-state index in [0.717, 1.165) is 10.5 Å². The Morgan fingerprint density at radius 3 is 2.53 bits per heavy atom. The molecule has 2 rings (SSSR count). The summed E-state index contributed by atoms with van der Waals surface area (Å²) in [5, 5.41) is 11.5. The van der Waals surface area contributed by atoms with Crippen LogP contribution in [-0.4, -0.2) is 17.5 Å². The zero-order valence-electron chi connectivity index (χ0n) is 9.97. The van der Waals surface area contributed by atoms with Crippen molar-refractivity contribution in [1.29, 1.82) is 5.26 Å². The van der Waals surface area contributed by atoms with Gasteiger partial charge in [-0.05, 0) is 17.0 Å². The zero-order valence-corrected chi connectivity index (χ0v) is 9.97. The highest BCUT2D eigenvalue weighted by Gasteiger charge is 2.29. The molecule has 1 N–H and O–H groups in total. The molecule has 1 aromatic carbocycles. The predicted molar refractivity (Wildman–Crippen MR) is 64.1 cm³/mol. The first-order valence-electron chi connectivity index (χ1n) is 5.69. The van der Waals surface area contributed by atoms with Gasteiger partial charge in [-0.15, -0.1) is 0 Å². The highest BCUT2D eigenvalue weighted by atomic mass is 16.2. The Labute approximate surface area is 101 Å². The van der Waals surface area contributed by atoms with Gasteiger partial charge in [-0.3, -0.25) is 0 Å². The summed E-state index contributed by atoms with van der Waals surface area (Å²) in [5.41, 5.74) is 2.32. The number of carbonyl (C=O) groups is 1. The van der Waals surface area contributed by atoms with Crippen LogP contribution in [0.5, 0.6) is 0 Å². The van der Waals surface area contributed by atoms with Gasteiger partial charge >= 0.3 is 6.03 Å². The number of nitrogens with zero attached hydrogens (tertiary/aromatic N) is 2. The summed E-state index contributed by atoms with van der Waals surface area (Å²) in [7, 11) is 0. The van der Waals surface area contributed by atoms with E-state index in [2.05, 4.69) is 31.3 Å². The van der Waals surface area contributed by atoms with Crippen molar-refractivity contribution >= 4 is 6.03 Å². The lowest BCUT2D eigenvalue weighted by atomic mass is 9.99. The second kappa shape index (κ2) is 4.46. The number of hydrogen-bond donors (Lipinski definition) is 1. The average molecular weight is 229 g/mol. The smallest absolute Gasteiger partial charge is 0.328 e. The lowest BCUT2D eigenvalue weighted by molar-refractivity contribution is 0.232. The lowest BCUT2D eigenvalue weighted by Crippen LogP contribution is -2.23. The maximum atomic E-state index is 11.4. The van der Waals surface area contributed by atoms with Gasteiger partial charge in [0.2, 0.25) is 0 Å². The molecule has 1 fully saturated rings. The van der Waals surface area contributed by atoms with Crippen molar-refractivity contribution in [3.63, 3.8) is 0 Å². The van der Waals surface area contributed by atoms with Gasteiger partial charge in [-0.1, -0.05) is 38.1 Å². The van der Waals surface area contributed by atoms with E-state index in [1.165, 1.54) is 5.56 Å². The molecule has 1 aliphatic heterocycles. The van der Waals surface area contributed by atoms with Gasteiger partial charge in [0.25, 0.3) is 0 Å². The molecule has 0 bridgehead atoms. The van der Waals surface area contributed by atoms with E-state index in [9.17, 15) is 4.79 Å². The van der Waals surface area contributed by atoms with Crippen molar-refractivity contribution in [3.05, 3.63) is 35.4 Å². The van der Waals surface area contributed by atoms with Crippen LogP contribution in [0.15, 0.2) is 24.3 Å². The first-order chi connectivity index (χ1) is 8.11.